The van der Waals surface area contributed by atoms with Gasteiger partial charge in [-0.3, -0.25) is 14.6 Å². The highest BCUT2D eigenvalue weighted by molar-refractivity contribution is 6.04. The summed E-state index contributed by atoms with van der Waals surface area (Å²) in [5, 5.41) is 14.1. The molecule has 1 saturated heterocycles. The fourth-order valence-electron chi connectivity index (χ4n) is 4.85. The summed E-state index contributed by atoms with van der Waals surface area (Å²) in [4.78, 5) is 15.0. The fourth-order valence-corrected chi connectivity index (χ4v) is 4.85. The number of H-pyrrole nitrogens is 1. The van der Waals surface area contributed by atoms with Crippen LogP contribution in [-0.2, 0) is 12.8 Å². The van der Waals surface area contributed by atoms with E-state index in [2.05, 4.69) is 32.6 Å². The second kappa shape index (κ2) is 7.44. The zero-order chi connectivity index (χ0) is 21.7. The number of hydrogen-bond acceptors (Lipinski definition) is 4. The Morgan fingerprint density at radius 3 is 2.70 bits per heavy atom. The van der Waals surface area contributed by atoms with Crippen molar-refractivity contribution in [3.63, 3.8) is 0 Å². The van der Waals surface area contributed by atoms with Crippen LogP contribution in [-0.4, -0.2) is 56.8 Å². The van der Waals surface area contributed by atoms with Crippen molar-refractivity contribution < 1.29 is 13.6 Å². The SMILES string of the molecule is CC.CN1CCC(n2cc(NC(=O)c3n[nH]c4c3CC3C(F)(F)C3(C)C4)cn2)CC1. The number of carbonyl (C=O) groups excluding carboxylic acids is 1. The number of likely N-dealkylation sites (tertiary alicyclic amines) is 1. The standard InChI is InChI=1S/C19H24F2N6O.C2H6/c1-18-8-14-13(7-15(18)19(18,20)21)16(25-24-14)17(28)23-11-9-22-27(10-11)12-3-5-26(2)6-4-12;1-2/h9-10,12,15H,3-8H2,1-2H3,(H,23,28)(H,24,25);1-2H3. The lowest BCUT2D eigenvalue weighted by molar-refractivity contribution is 0.0631. The van der Waals surface area contributed by atoms with E-state index in [1.165, 1.54) is 0 Å². The van der Waals surface area contributed by atoms with Gasteiger partial charge in [0.15, 0.2) is 5.69 Å². The van der Waals surface area contributed by atoms with Gasteiger partial charge in [-0.15, -0.1) is 0 Å². The molecule has 2 aromatic heterocycles. The van der Waals surface area contributed by atoms with Crippen LogP contribution in [0.3, 0.4) is 0 Å². The summed E-state index contributed by atoms with van der Waals surface area (Å²) < 4.78 is 30.0. The van der Waals surface area contributed by atoms with Gasteiger partial charge in [0.25, 0.3) is 11.8 Å². The number of alkyl halides is 2. The summed E-state index contributed by atoms with van der Waals surface area (Å²) in [7, 11) is 2.11. The number of piperidine rings is 1. The molecule has 3 aliphatic rings. The first-order valence-electron chi connectivity index (χ1n) is 10.8. The third kappa shape index (κ3) is 3.23. The number of rotatable bonds is 3. The molecule has 0 bridgehead atoms. The number of nitrogens with one attached hydrogen (secondary N) is 2. The minimum absolute atomic E-state index is 0.187. The molecule has 2 unspecified atom stereocenters. The van der Waals surface area contributed by atoms with Crippen LogP contribution in [0.2, 0.25) is 0 Å². The molecule has 30 heavy (non-hydrogen) atoms. The summed E-state index contributed by atoms with van der Waals surface area (Å²) in [6.07, 6.45) is 5.92. The van der Waals surface area contributed by atoms with E-state index >= 15 is 0 Å². The molecule has 2 fully saturated rings. The van der Waals surface area contributed by atoms with Crippen molar-refractivity contribution in [2.45, 2.75) is 58.4 Å². The highest BCUT2D eigenvalue weighted by Crippen LogP contribution is 2.70. The zero-order valence-corrected chi connectivity index (χ0v) is 18.0. The maximum Gasteiger partial charge on any atom is 0.276 e. The van der Waals surface area contributed by atoms with E-state index in [-0.39, 0.29) is 24.4 Å². The first-order valence-corrected chi connectivity index (χ1v) is 10.8. The van der Waals surface area contributed by atoms with Gasteiger partial charge in [0.1, 0.15) is 0 Å². The minimum atomic E-state index is -2.67. The number of aromatic amines is 1. The van der Waals surface area contributed by atoms with Crippen LogP contribution < -0.4 is 5.32 Å². The minimum Gasteiger partial charge on any atom is -0.318 e. The molecule has 0 spiro atoms. The van der Waals surface area contributed by atoms with Crippen LogP contribution >= 0.6 is 0 Å². The Labute approximate surface area is 175 Å². The van der Waals surface area contributed by atoms with Crippen molar-refractivity contribution in [3.8, 4) is 0 Å². The van der Waals surface area contributed by atoms with Gasteiger partial charge >= 0.3 is 0 Å². The molecule has 5 rings (SSSR count). The van der Waals surface area contributed by atoms with Crippen molar-refractivity contribution in [2.75, 3.05) is 25.5 Å². The zero-order valence-electron chi connectivity index (χ0n) is 18.0. The van der Waals surface area contributed by atoms with Gasteiger partial charge in [-0.25, -0.2) is 8.78 Å². The number of hydrogen-bond donors (Lipinski definition) is 2. The maximum absolute atomic E-state index is 14.1. The molecular weight excluding hydrogens is 390 g/mol. The largest absolute Gasteiger partial charge is 0.318 e. The van der Waals surface area contributed by atoms with E-state index in [4.69, 9.17) is 0 Å². The first-order chi connectivity index (χ1) is 14.3. The molecule has 2 N–H and O–H groups in total. The van der Waals surface area contributed by atoms with Gasteiger partial charge < -0.3 is 10.2 Å². The lowest BCUT2D eigenvalue weighted by Gasteiger charge is -2.28. The third-order valence-electron chi connectivity index (χ3n) is 6.93. The van der Waals surface area contributed by atoms with Gasteiger partial charge in [0.2, 0.25) is 0 Å². The van der Waals surface area contributed by atoms with Crippen LogP contribution in [0.1, 0.15) is 61.4 Å². The summed E-state index contributed by atoms with van der Waals surface area (Å²) in [6.45, 7) is 7.66. The molecule has 1 saturated carbocycles. The number of nitrogens with zero attached hydrogens (tertiary/aromatic N) is 4. The molecule has 1 aliphatic heterocycles. The molecule has 0 radical (unpaired) electrons. The molecule has 2 aromatic rings. The van der Waals surface area contributed by atoms with E-state index in [9.17, 15) is 13.6 Å². The summed E-state index contributed by atoms with van der Waals surface area (Å²) in [6, 6.07) is 0.328. The lowest BCUT2D eigenvalue weighted by atomic mass is 9.87. The lowest BCUT2D eigenvalue weighted by Crippen LogP contribution is -2.31. The quantitative estimate of drug-likeness (QED) is 0.796. The Kier molecular flexibility index (Phi) is 5.20. The number of amides is 1. The Balaban J connectivity index is 0.00000106. The molecule has 0 aromatic carbocycles. The third-order valence-corrected chi connectivity index (χ3v) is 6.93. The van der Waals surface area contributed by atoms with E-state index in [1.807, 2.05) is 24.7 Å². The van der Waals surface area contributed by atoms with Crippen molar-refractivity contribution in [1.82, 2.24) is 24.9 Å². The predicted octanol–water partition coefficient (Wildman–Crippen LogP) is 3.52. The Morgan fingerprint density at radius 2 is 2.00 bits per heavy atom. The van der Waals surface area contributed by atoms with E-state index in [0.29, 0.717) is 23.0 Å². The van der Waals surface area contributed by atoms with Gasteiger partial charge in [0.05, 0.1) is 17.9 Å². The van der Waals surface area contributed by atoms with E-state index in [1.54, 1.807) is 13.1 Å². The van der Waals surface area contributed by atoms with Crippen LogP contribution in [0.4, 0.5) is 14.5 Å². The Morgan fingerprint density at radius 1 is 1.30 bits per heavy atom. The van der Waals surface area contributed by atoms with Crippen molar-refractivity contribution in [1.29, 1.82) is 0 Å². The van der Waals surface area contributed by atoms with Crippen LogP contribution in [0, 0.1) is 11.3 Å². The predicted molar refractivity (Wildman–Crippen MR) is 110 cm³/mol. The highest BCUT2D eigenvalue weighted by atomic mass is 19.3. The number of aromatic nitrogens is 4. The monoisotopic (exact) mass is 420 g/mol. The van der Waals surface area contributed by atoms with Crippen molar-refractivity contribution in [2.24, 2.45) is 11.3 Å². The molecule has 7 nitrogen and oxygen atoms in total. The molecular formula is C21H30F2N6O. The van der Waals surface area contributed by atoms with Gasteiger partial charge in [-0.05, 0) is 39.4 Å². The molecule has 2 atom stereocenters. The molecule has 9 heteroatoms. The van der Waals surface area contributed by atoms with E-state index < -0.39 is 17.3 Å². The molecule has 1 amide bonds. The fraction of sp³-hybridized carbons (Fsp3) is 0.667. The summed E-state index contributed by atoms with van der Waals surface area (Å²) in [5.74, 6) is -3.76. The molecule has 164 valence electrons. The van der Waals surface area contributed by atoms with Gasteiger partial charge in [-0.1, -0.05) is 20.8 Å². The highest BCUT2D eigenvalue weighted by Gasteiger charge is 2.78. The number of anilines is 1. The summed E-state index contributed by atoms with van der Waals surface area (Å²) >= 11 is 0. The van der Waals surface area contributed by atoms with Crippen molar-refractivity contribution >= 4 is 11.6 Å². The average Bonchev–Trinajstić information content (AvgIpc) is 3.17. The number of fused-ring (bicyclic) bond motifs is 2. The normalized spacial score (nSPS) is 27.5. The topological polar surface area (TPSA) is 78.8 Å². The second-order valence-electron chi connectivity index (χ2n) is 8.70. The average molecular weight is 421 g/mol. The smallest absolute Gasteiger partial charge is 0.276 e. The van der Waals surface area contributed by atoms with Crippen LogP contribution in [0.15, 0.2) is 12.4 Å². The van der Waals surface area contributed by atoms with Gasteiger partial charge in [-0.2, -0.15) is 10.2 Å². The summed E-state index contributed by atoms with van der Waals surface area (Å²) in [5.41, 5.74) is 1.09. The second-order valence-corrected chi connectivity index (χ2v) is 8.70. The molecule has 3 heterocycles. The van der Waals surface area contributed by atoms with Crippen molar-refractivity contribution in [3.05, 3.63) is 29.3 Å². The number of carbonyl (C=O) groups is 1. The Hall–Kier alpha value is -2.29. The Bertz CT molecular complexity index is 930. The van der Waals surface area contributed by atoms with Gasteiger partial charge in [0, 0.05) is 35.2 Å². The first kappa shape index (κ1) is 21.0. The van der Waals surface area contributed by atoms with E-state index in [0.717, 1.165) is 25.9 Å². The maximum atomic E-state index is 14.1. The van der Waals surface area contributed by atoms with Crippen LogP contribution in [0.5, 0.6) is 0 Å². The van der Waals surface area contributed by atoms with Crippen LogP contribution in [0.25, 0.3) is 0 Å². The molecule has 2 aliphatic carbocycles. The number of halogens is 2.